The lowest BCUT2D eigenvalue weighted by atomic mass is 10.1. The number of hydrogen-bond acceptors (Lipinski definition) is 3. The van der Waals surface area contributed by atoms with Gasteiger partial charge in [-0.2, -0.15) is 0 Å². The number of aliphatic hydroxyl groups excluding tert-OH is 2. The molecular formula is C10H21NO2. The molecule has 1 aliphatic rings. The van der Waals surface area contributed by atoms with Crippen molar-refractivity contribution in [2.75, 3.05) is 0 Å². The molecule has 1 saturated carbocycles. The van der Waals surface area contributed by atoms with Crippen LogP contribution in [0.25, 0.3) is 0 Å². The number of rotatable bonds is 3. The topological polar surface area (TPSA) is 52.5 Å². The number of nitrogens with one attached hydrogen (secondary N) is 1. The molecule has 3 heteroatoms. The Morgan fingerprint density at radius 2 is 1.62 bits per heavy atom. The van der Waals surface area contributed by atoms with Crippen LogP contribution >= 0.6 is 0 Å². The van der Waals surface area contributed by atoms with Gasteiger partial charge in [-0.1, -0.05) is 25.7 Å². The average Bonchev–Trinajstić information content (AvgIpc) is 2.32. The van der Waals surface area contributed by atoms with Gasteiger partial charge in [0.15, 0.2) is 0 Å². The highest BCUT2D eigenvalue weighted by molar-refractivity contribution is 4.73. The molecule has 1 fully saturated rings. The Morgan fingerprint density at radius 1 is 1.08 bits per heavy atom. The molecule has 2 atom stereocenters. The molecule has 0 amide bonds. The minimum atomic E-state index is -0.761. The molecule has 0 heterocycles. The van der Waals surface area contributed by atoms with Crippen LogP contribution in [-0.2, 0) is 0 Å². The summed E-state index contributed by atoms with van der Waals surface area (Å²) >= 11 is 0. The van der Waals surface area contributed by atoms with E-state index in [2.05, 4.69) is 5.32 Å². The molecular weight excluding hydrogens is 166 g/mol. The summed E-state index contributed by atoms with van der Waals surface area (Å²) in [7, 11) is 0. The van der Waals surface area contributed by atoms with Crippen LogP contribution in [0, 0.1) is 0 Å². The molecule has 0 aromatic carbocycles. The van der Waals surface area contributed by atoms with Crippen LogP contribution in [0.15, 0.2) is 0 Å². The van der Waals surface area contributed by atoms with Crippen LogP contribution < -0.4 is 5.32 Å². The number of hydrogen-bond donors (Lipinski definition) is 3. The second-order valence-corrected chi connectivity index (χ2v) is 4.04. The van der Waals surface area contributed by atoms with E-state index in [1.54, 1.807) is 6.92 Å². The molecule has 0 bridgehead atoms. The molecule has 0 aliphatic heterocycles. The third-order valence-electron chi connectivity index (χ3n) is 2.72. The first kappa shape index (κ1) is 11.0. The van der Waals surface area contributed by atoms with Crippen molar-refractivity contribution in [2.24, 2.45) is 0 Å². The molecule has 0 spiro atoms. The van der Waals surface area contributed by atoms with Crippen molar-refractivity contribution in [3.8, 4) is 0 Å². The summed E-state index contributed by atoms with van der Waals surface area (Å²) in [5.74, 6) is 0. The monoisotopic (exact) mass is 187 g/mol. The lowest BCUT2D eigenvalue weighted by Crippen LogP contribution is -2.44. The molecule has 0 aromatic rings. The van der Waals surface area contributed by atoms with Crippen LogP contribution in [-0.4, -0.2) is 28.6 Å². The average molecular weight is 187 g/mol. The molecule has 0 saturated heterocycles. The second-order valence-electron chi connectivity index (χ2n) is 4.04. The summed E-state index contributed by atoms with van der Waals surface area (Å²) in [5, 5.41) is 21.6. The fraction of sp³-hybridized carbons (Fsp3) is 1.00. The van der Waals surface area contributed by atoms with Crippen molar-refractivity contribution < 1.29 is 10.2 Å². The van der Waals surface area contributed by atoms with Gasteiger partial charge in [0.2, 0.25) is 0 Å². The summed E-state index contributed by atoms with van der Waals surface area (Å²) in [6.45, 7) is 1.61. The molecule has 3 nitrogen and oxygen atoms in total. The Balaban J connectivity index is 2.25. The van der Waals surface area contributed by atoms with E-state index in [4.69, 9.17) is 5.11 Å². The van der Waals surface area contributed by atoms with Gasteiger partial charge >= 0.3 is 0 Å². The van der Waals surface area contributed by atoms with E-state index in [0.29, 0.717) is 6.04 Å². The first-order valence-electron chi connectivity index (χ1n) is 5.32. The van der Waals surface area contributed by atoms with E-state index >= 15 is 0 Å². The highest BCUT2D eigenvalue weighted by Crippen LogP contribution is 2.17. The Hall–Kier alpha value is -0.120. The van der Waals surface area contributed by atoms with Gasteiger partial charge in [0.25, 0.3) is 0 Å². The van der Waals surface area contributed by atoms with E-state index in [9.17, 15) is 5.11 Å². The molecule has 0 radical (unpaired) electrons. The third kappa shape index (κ3) is 4.07. The standard InChI is InChI=1S/C10H21NO2/c1-8(12)10(13)11-9-6-4-2-3-5-7-9/h8-13H,2-7H2,1H3. The van der Waals surface area contributed by atoms with Crippen molar-refractivity contribution >= 4 is 0 Å². The SMILES string of the molecule is CC(O)C(O)NC1CCCCCC1. The van der Waals surface area contributed by atoms with Crippen molar-refractivity contribution in [2.45, 2.75) is 63.8 Å². The quantitative estimate of drug-likeness (QED) is 0.456. The summed E-state index contributed by atoms with van der Waals surface area (Å²) < 4.78 is 0. The van der Waals surface area contributed by atoms with Crippen LogP contribution in [0.5, 0.6) is 0 Å². The molecule has 1 rings (SSSR count). The predicted molar refractivity (Wildman–Crippen MR) is 52.3 cm³/mol. The maximum Gasteiger partial charge on any atom is 0.131 e. The van der Waals surface area contributed by atoms with Crippen LogP contribution in [0.2, 0.25) is 0 Å². The normalized spacial score (nSPS) is 25.2. The summed E-state index contributed by atoms with van der Waals surface area (Å²) in [4.78, 5) is 0. The summed E-state index contributed by atoms with van der Waals surface area (Å²) in [6.07, 6.45) is 5.92. The zero-order chi connectivity index (χ0) is 9.68. The van der Waals surface area contributed by atoms with Gasteiger partial charge in [0, 0.05) is 6.04 Å². The van der Waals surface area contributed by atoms with Gasteiger partial charge in [-0.15, -0.1) is 0 Å². The van der Waals surface area contributed by atoms with Gasteiger partial charge < -0.3 is 10.2 Å². The second kappa shape index (κ2) is 5.58. The third-order valence-corrected chi connectivity index (χ3v) is 2.72. The van der Waals surface area contributed by atoms with Crippen LogP contribution in [0.4, 0.5) is 0 Å². The Labute approximate surface area is 80.2 Å². The van der Waals surface area contributed by atoms with E-state index in [0.717, 1.165) is 12.8 Å². The van der Waals surface area contributed by atoms with Gasteiger partial charge in [-0.25, -0.2) is 0 Å². The van der Waals surface area contributed by atoms with Gasteiger partial charge in [0.1, 0.15) is 6.23 Å². The molecule has 0 aromatic heterocycles. The molecule has 2 unspecified atom stereocenters. The highest BCUT2D eigenvalue weighted by atomic mass is 16.3. The van der Waals surface area contributed by atoms with Crippen molar-refractivity contribution in [3.05, 3.63) is 0 Å². The molecule has 1 aliphatic carbocycles. The van der Waals surface area contributed by atoms with Crippen molar-refractivity contribution in [1.29, 1.82) is 0 Å². The van der Waals surface area contributed by atoms with Crippen LogP contribution in [0.1, 0.15) is 45.4 Å². The van der Waals surface area contributed by atoms with Crippen LogP contribution in [0.3, 0.4) is 0 Å². The maximum atomic E-state index is 9.41. The Bertz CT molecular complexity index is 131. The Morgan fingerprint density at radius 3 is 2.08 bits per heavy atom. The van der Waals surface area contributed by atoms with E-state index in [1.165, 1.54) is 25.7 Å². The molecule has 3 N–H and O–H groups in total. The minimum absolute atomic E-state index is 0.395. The van der Waals surface area contributed by atoms with Gasteiger partial charge in [-0.3, -0.25) is 5.32 Å². The Kier molecular flexibility index (Phi) is 4.70. The van der Waals surface area contributed by atoms with E-state index < -0.39 is 12.3 Å². The summed E-state index contributed by atoms with van der Waals surface area (Å²) in [5.41, 5.74) is 0. The minimum Gasteiger partial charge on any atom is -0.389 e. The molecule has 13 heavy (non-hydrogen) atoms. The van der Waals surface area contributed by atoms with Gasteiger partial charge in [-0.05, 0) is 19.8 Å². The first-order chi connectivity index (χ1) is 6.20. The zero-order valence-corrected chi connectivity index (χ0v) is 8.37. The van der Waals surface area contributed by atoms with E-state index in [1.807, 2.05) is 0 Å². The lowest BCUT2D eigenvalue weighted by molar-refractivity contribution is 0.000465. The molecule has 78 valence electrons. The van der Waals surface area contributed by atoms with Crippen molar-refractivity contribution in [3.63, 3.8) is 0 Å². The fourth-order valence-corrected chi connectivity index (χ4v) is 1.83. The highest BCUT2D eigenvalue weighted by Gasteiger charge is 2.17. The smallest absolute Gasteiger partial charge is 0.131 e. The van der Waals surface area contributed by atoms with Crippen molar-refractivity contribution in [1.82, 2.24) is 5.32 Å². The largest absolute Gasteiger partial charge is 0.389 e. The number of aliphatic hydroxyl groups is 2. The fourth-order valence-electron chi connectivity index (χ4n) is 1.83. The maximum absolute atomic E-state index is 9.41. The zero-order valence-electron chi connectivity index (χ0n) is 8.37. The summed E-state index contributed by atoms with van der Waals surface area (Å²) in [6, 6.07) is 0.395. The predicted octanol–water partition coefficient (Wildman–Crippen LogP) is 0.998. The van der Waals surface area contributed by atoms with E-state index in [-0.39, 0.29) is 0 Å². The lowest BCUT2D eigenvalue weighted by Gasteiger charge is -2.22. The first-order valence-corrected chi connectivity index (χ1v) is 5.32. The van der Waals surface area contributed by atoms with Gasteiger partial charge in [0.05, 0.1) is 6.10 Å².